The largest absolute Gasteiger partial charge is 0.464 e. The number of carbonyl (C=O) groups excluding carboxylic acids is 1. The molecular formula is C13H13NO3S. The molecule has 0 saturated carbocycles. The average Bonchev–Trinajstić information content (AvgIpc) is 2.81. The second-order valence-electron chi connectivity index (χ2n) is 3.87. The second kappa shape index (κ2) is 5.64. The van der Waals surface area contributed by atoms with Crippen molar-refractivity contribution in [3.05, 3.63) is 48.2 Å². The molecule has 4 nitrogen and oxygen atoms in total. The number of hydrogen-bond donors (Lipinski definition) is 1. The van der Waals surface area contributed by atoms with Crippen LogP contribution in [0.1, 0.15) is 5.56 Å². The van der Waals surface area contributed by atoms with Gasteiger partial charge in [-0.15, -0.1) is 0 Å². The summed E-state index contributed by atoms with van der Waals surface area (Å²) in [5, 5.41) is 0. The van der Waals surface area contributed by atoms with Crippen LogP contribution >= 0.6 is 0 Å². The van der Waals surface area contributed by atoms with Crippen LogP contribution in [0, 0.1) is 0 Å². The van der Waals surface area contributed by atoms with Gasteiger partial charge >= 0.3 is 0 Å². The zero-order chi connectivity index (χ0) is 13.0. The molecule has 0 aliphatic carbocycles. The topological polar surface area (TPSA) is 73.3 Å². The van der Waals surface area contributed by atoms with Crippen LogP contribution in [-0.2, 0) is 21.3 Å². The fourth-order valence-electron chi connectivity index (χ4n) is 1.65. The minimum absolute atomic E-state index is 0.106. The number of carbonyl (C=O) groups is 1. The van der Waals surface area contributed by atoms with Gasteiger partial charge in [0.05, 0.1) is 6.26 Å². The lowest BCUT2D eigenvalue weighted by Crippen LogP contribution is -2.20. The first kappa shape index (κ1) is 12.6. The van der Waals surface area contributed by atoms with Crippen LogP contribution in [0.2, 0.25) is 0 Å². The Morgan fingerprint density at radius 1 is 1.28 bits per heavy atom. The molecule has 2 N–H and O–H groups in total. The first-order valence-corrected chi connectivity index (χ1v) is 6.90. The lowest BCUT2D eigenvalue weighted by molar-refractivity contribution is -0.115. The lowest BCUT2D eigenvalue weighted by atomic mass is 10.1. The number of hydrogen-bond acceptors (Lipinski definition) is 3. The quantitative estimate of drug-likeness (QED) is 0.892. The first-order chi connectivity index (χ1) is 8.65. The smallest absolute Gasteiger partial charge is 0.230 e. The van der Waals surface area contributed by atoms with E-state index in [0.717, 1.165) is 16.9 Å². The highest BCUT2D eigenvalue weighted by Gasteiger charge is 2.07. The summed E-state index contributed by atoms with van der Waals surface area (Å²) in [4.78, 5) is 10.7. The molecule has 2 rings (SSSR count). The summed E-state index contributed by atoms with van der Waals surface area (Å²) >= 11 is 0. The predicted molar refractivity (Wildman–Crippen MR) is 70.1 cm³/mol. The van der Waals surface area contributed by atoms with Gasteiger partial charge in [0.2, 0.25) is 5.91 Å². The molecule has 1 heterocycles. The Kier molecular flexibility index (Phi) is 3.94. The molecular weight excluding hydrogens is 250 g/mol. The minimum Gasteiger partial charge on any atom is -0.464 e. The van der Waals surface area contributed by atoms with Gasteiger partial charge in [0.1, 0.15) is 11.5 Å². The summed E-state index contributed by atoms with van der Waals surface area (Å²) in [6.07, 6.45) is 1.60. The van der Waals surface area contributed by atoms with E-state index in [1.807, 2.05) is 36.4 Å². The van der Waals surface area contributed by atoms with Crippen molar-refractivity contribution in [1.82, 2.24) is 0 Å². The monoisotopic (exact) mass is 263 g/mol. The van der Waals surface area contributed by atoms with Gasteiger partial charge < -0.3 is 10.2 Å². The maximum atomic E-state index is 11.6. The molecule has 0 aliphatic rings. The Morgan fingerprint density at radius 2 is 2.11 bits per heavy atom. The highest BCUT2D eigenvalue weighted by atomic mass is 32.2. The van der Waals surface area contributed by atoms with Gasteiger partial charge in [-0.2, -0.15) is 0 Å². The Morgan fingerprint density at radius 3 is 2.78 bits per heavy atom. The van der Waals surface area contributed by atoms with Crippen LogP contribution in [0.5, 0.6) is 0 Å². The third kappa shape index (κ3) is 3.30. The fraction of sp³-hybridized carbons (Fsp3) is 0.154. The third-order valence-corrected chi connectivity index (χ3v) is 3.63. The van der Waals surface area contributed by atoms with E-state index in [2.05, 4.69) is 0 Å². The van der Waals surface area contributed by atoms with Gasteiger partial charge in [-0.25, -0.2) is 0 Å². The number of furan rings is 1. The highest BCUT2D eigenvalue weighted by Crippen LogP contribution is 2.21. The third-order valence-electron chi connectivity index (χ3n) is 2.36. The van der Waals surface area contributed by atoms with Crippen molar-refractivity contribution < 1.29 is 13.4 Å². The van der Waals surface area contributed by atoms with Gasteiger partial charge in [0.25, 0.3) is 0 Å². The average molecular weight is 263 g/mol. The van der Waals surface area contributed by atoms with E-state index in [-0.39, 0.29) is 5.75 Å². The van der Waals surface area contributed by atoms with Crippen molar-refractivity contribution in [1.29, 1.82) is 0 Å². The molecule has 0 aliphatic heterocycles. The lowest BCUT2D eigenvalue weighted by Gasteiger charge is -2.03. The normalized spacial score (nSPS) is 12.2. The molecule has 1 atom stereocenters. The molecule has 1 amide bonds. The van der Waals surface area contributed by atoms with E-state index in [9.17, 15) is 9.00 Å². The van der Waals surface area contributed by atoms with Crippen LogP contribution in [0.4, 0.5) is 0 Å². The van der Waals surface area contributed by atoms with E-state index in [1.54, 1.807) is 6.26 Å². The molecule has 2 aromatic rings. The Labute approximate surface area is 107 Å². The standard InChI is InChI=1S/C13H13NO3S/c14-13(15)9-18(16)8-10-3-1-4-11(7-10)12-5-2-6-17-12/h1-7H,8-9H2,(H2,14,15)/t18-/m0/s1. The molecule has 0 unspecified atom stereocenters. The Hall–Kier alpha value is -1.88. The molecule has 5 heteroatoms. The predicted octanol–water partition coefficient (Wildman–Crippen LogP) is 1.68. The summed E-state index contributed by atoms with van der Waals surface area (Å²) in [5.74, 6) is 0.427. The molecule has 0 saturated heterocycles. The van der Waals surface area contributed by atoms with E-state index in [1.165, 1.54) is 0 Å². The minimum atomic E-state index is -1.26. The van der Waals surface area contributed by atoms with Crippen LogP contribution in [0.15, 0.2) is 47.1 Å². The maximum Gasteiger partial charge on any atom is 0.230 e. The summed E-state index contributed by atoms with van der Waals surface area (Å²) in [5.41, 5.74) is 6.82. The van der Waals surface area contributed by atoms with E-state index in [4.69, 9.17) is 10.2 Å². The molecule has 1 aromatic carbocycles. The van der Waals surface area contributed by atoms with Gasteiger partial charge in [-0.3, -0.25) is 9.00 Å². The van der Waals surface area contributed by atoms with Crippen molar-refractivity contribution in [3.8, 4) is 11.3 Å². The van der Waals surface area contributed by atoms with Crippen molar-refractivity contribution in [2.75, 3.05) is 5.75 Å². The molecule has 0 radical (unpaired) electrons. The van der Waals surface area contributed by atoms with Crippen molar-refractivity contribution in [3.63, 3.8) is 0 Å². The molecule has 18 heavy (non-hydrogen) atoms. The highest BCUT2D eigenvalue weighted by molar-refractivity contribution is 7.84. The summed E-state index contributed by atoms with van der Waals surface area (Å²) in [7, 11) is -1.26. The van der Waals surface area contributed by atoms with Crippen LogP contribution in [0.25, 0.3) is 11.3 Å². The van der Waals surface area contributed by atoms with Crippen molar-refractivity contribution in [2.24, 2.45) is 5.73 Å². The zero-order valence-electron chi connectivity index (χ0n) is 9.67. The van der Waals surface area contributed by atoms with Crippen LogP contribution < -0.4 is 5.73 Å². The molecule has 0 bridgehead atoms. The van der Waals surface area contributed by atoms with Crippen molar-refractivity contribution in [2.45, 2.75) is 5.75 Å². The number of benzene rings is 1. The molecule has 0 fully saturated rings. The summed E-state index contributed by atoms with van der Waals surface area (Å²) in [6.45, 7) is 0. The van der Waals surface area contributed by atoms with Crippen LogP contribution in [0.3, 0.4) is 0 Å². The number of nitrogens with two attached hydrogens (primary N) is 1. The van der Waals surface area contributed by atoms with Gasteiger partial charge in [-0.05, 0) is 23.8 Å². The Balaban J connectivity index is 2.13. The number of rotatable bonds is 5. The zero-order valence-corrected chi connectivity index (χ0v) is 10.5. The van der Waals surface area contributed by atoms with Crippen molar-refractivity contribution >= 4 is 16.7 Å². The Bertz CT molecular complexity index is 563. The first-order valence-electron chi connectivity index (χ1n) is 5.41. The van der Waals surface area contributed by atoms with E-state index < -0.39 is 16.7 Å². The molecule has 94 valence electrons. The molecule has 0 spiro atoms. The maximum absolute atomic E-state index is 11.6. The number of primary amides is 1. The summed E-state index contributed by atoms with van der Waals surface area (Å²) in [6, 6.07) is 11.2. The van der Waals surface area contributed by atoms with Gasteiger partial charge in [-0.1, -0.05) is 18.2 Å². The molecule has 1 aromatic heterocycles. The van der Waals surface area contributed by atoms with E-state index >= 15 is 0 Å². The second-order valence-corrected chi connectivity index (χ2v) is 5.33. The fourth-order valence-corrected chi connectivity index (χ4v) is 2.62. The van der Waals surface area contributed by atoms with Gasteiger partial charge in [0, 0.05) is 22.1 Å². The summed E-state index contributed by atoms with van der Waals surface area (Å²) < 4.78 is 16.9. The van der Waals surface area contributed by atoms with E-state index in [0.29, 0.717) is 5.75 Å². The van der Waals surface area contributed by atoms with Crippen LogP contribution in [-0.4, -0.2) is 15.9 Å². The van der Waals surface area contributed by atoms with Gasteiger partial charge in [0.15, 0.2) is 0 Å². The number of amides is 1. The SMILES string of the molecule is NC(=O)C[S@@](=O)Cc1cccc(-c2ccco2)c1.